The molecule has 3 aromatic carbocycles. The SMILES string of the molecule is Cc1ccc(S(=O)(=O)Nc2cc(Cl)ccc2-c2nc3cc(Cl)ccc3c(=O)o2)cc1. The number of hydrogen-bond donors (Lipinski definition) is 1. The maximum Gasteiger partial charge on any atom is 0.347 e. The molecule has 0 saturated heterocycles. The Balaban J connectivity index is 1.84. The summed E-state index contributed by atoms with van der Waals surface area (Å²) in [5.74, 6) is -0.0620. The van der Waals surface area contributed by atoms with Crippen LogP contribution in [0, 0.1) is 6.92 Å². The Bertz CT molecular complexity index is 1430. The quantitative estimate of drug-likeness (QED) is 0.447. The van der Waals surface area contributed by atoms with Gasteiger partial charge in [0.2, 0.25) is 5.89 Å². The molecular weight excluding hydrogens is 447 g/mol. The Labute approximate surface area is 182 Å². The summed E-state index contributed by atoms with van der Waals surface area (Å²) < 4.78 is 33.5. The number of aryl methyl sites for hydroxylation is 1. The van der Waals surface area contributed by atoms with E-state index in [-0.39, 0.29) is 27.4 Å². The molecule has 6 nitrogen and oxygen atoms in total. The molecule has 30 heavy (non-hydrogen) atoms. The average molecular weight is 461 g/mol. The highest BCUT2D eigenvalue weighted by Crippen LogP contribution is 2.32. The van der Waals surface area contributed by atoms with Gasteiger partial charge in [-0.2, -0.15) is 0 Å². The molecule has 0 spiro atoms. The summed E-state index contributed by atoms with van der Waals surface area (Å²) in [6.45, 7) is 1.86. The van der Waals surface area contributed by atoms with Crippen molar-refractivity contribution in [2.24, 2.45) is 0 Å². The zero-order chi connectivity index (χ0) is 21.5. The molecule has 1 heterocycles. The second kappa shape index (κ2) is 7.75. The topological polar surface area (TPSA) is 89.3 Å². The number of aromatic nitrogens is 1. The van der Waals surface area contributed by atoms with E-state index in [2.05, 4.69) is 9.71 Å². The fourth-order valence-corrected chi connectivity index (χ4v) is 4.28. The van der Waals surface area contributed by atoms with Gasteiger partial charge in [0.15, 0.2) is 0 Å². The highest BCUT2D eigenvalue weighted by molar-refractivity contribution is 7.92. The summed E-state index contributed by atoms with van der Waals surface area (Å²) >= 11 is 12.1. The first kappa shape index (κ1) is 20.4. The van der Waals surface area contributed by atoms with Gasteiger partial charge >= 0.3 is 5.63 Å². The number of nitrogens with zero attached hydrogens (tertiary/aromatic N) is 1. The summed E-state index contributed by atoms with van der Waals surface area (Å²) in [6.07, 6.45) is 0. The second-order valence-corrected chi connectivity index (χ2v) is 9.13. The van der Waals surface area contributed by atoms with Crippen LogP contribution in [0.15, 0.2) is 74.8 Å². The van der Waals surface area contributed by atoms with E-state index in [1.54, 1.807) is 24.3 Å². The van der Waals surface area contributed by atoms with Crippen LogP contribution in [-0.4, -0.2) is 13.4 Å². The summed E-state index contributed by atoms with van der Waals surface area (Å²) in [4.78, 5) is 16.8. The van der Waals surface area contributed by atoms with E-state index in [1.165, 1.54) is 36.4 Å². The maximum absolute atomic E-state index is 12.8. The van der Waals surface area contributed by atoms with Crippen LogP contribution in [0.3, 0.4) is 0 Å². The predicted octanol–water partition coefficient (Wildman–Crippen LogP) is 5.27. The van der Waals surface area contributed by atoms with E-state index in [0.717, 1.165) is 5.56 Å². The zero-order valence-electron chi connectivity index (χ0n) is 15.5. The first-order chi connectivity index (χ1) is 14.2. The zero-order valence-corrected chi connectivity index (χ0v) is 17.8. The number of halogens is 2. The van der Waals surface area contributed by atoms with Gasteiger partial charge in [0.1, 0.15) is 0 Å². The highest BCUT2D eigenvalue weighted by Gasteiger charge is 2.19. The van der Waals surface area contributed by atoms with Crippen LogP contribution >= 0.6 is 23.2 Å². The Hall–Kier alpha value is -2.87. The standard InChI is InChI=1S/C21H14Cl2N2O4S/c1-12-2-6-15(7-3-12)30(27,28)25-19-11-14(23)4-8-16(19)20-24-18-10-13(22)5-9-17(18)21(26)29-20/h2-11,25H,1H3. The van der Waals surface area contributed by atoms with Crippen LogP contribution in [-0.2, 0) is 10.0 Å². The molecule has 0 saturated carbocycles. The van der Waals surface area contributed by atoms with Crippen LogP contribution in [0.4, 0.5) is 5.69 Å². The Morgan fingerprint density at radius 3 is 2.33 bits per heavy atom. The minimum atomic E-state index is -3.91. The molecule has 0 radical (unpaired) electrons. The fraction of sp³-hybridized carbons (Fsp3) is 0.0476. The lowest BCUT2D eigenvalue weighted by Crippen LogP contribution is -2.14. The molecule has 1 N–H and O–H groups in total. The normalized spacial score (nSPS) is 11.6. The summed E-state index contributed by atoms with van der Waals surface area (Å²) in [6, 6.07) is 15.5. The number of benzene rings is 3. The van der Waals surface area contributed by atoms with Crippen molar-refractivity contribution >= 4 is 49.8 Å². The molecule has 4 rings (SSSR count). The molecule has 0 aliphatic heterocycles. The van der Waals surface area contributed by atoms with Crippen LogP contribution < -0.4 is 10.3 Å². The molecule has 0 bridgehead atoms. The van der Waals surface area contributed by atoms with Crippen LogP contribution in [0.25, 0.3) is 22.4 Å². The average Bonchev–Trinajstić information content (AvgIpc) is 2.67. The van der Waals surface area contributed by atoms with Crippen LogP contribution in [0.2, 0.25) is 10.0 Å². The van der Waals surface area contributed by atoms with Crippen molar-refractivity contribution in [3.05, 3.63) is 86.7 Å². The van der Waals surface area contributed by atoms with Gasteiger partial charge in [0.05, 0.1) is 27.0 Å². The molecule has 0 unspecified atom stereocenters. The number of sulfonamides is 1. The summed E-state index contributed by atoms with van der Waals surface area (Å²) in [5.41, 5.74) is 1.03. The third-order valence-corrected chi connectivity index (χ3v) is 6.23. The lowest BCUT2D eigenvalue weighted by atomic mass is 10.1. The van der Waals surface area contributed by atoms with Gasteiger partial charge in [-0.15, -0.1) is 0 Å². The van der Waals surface area contributed by atoms with Crippen molar-refractivity contribution in [1.82, 2.24) is 4.98 Å². The van der Waals surface area contributed by atoms with Gasteiger partial charge in [-0.25, -0.2) is 18.2 Å². The number of anilines is 1. The third-order valence-electron chi connectivity index (χ3n) is 4.38. The number of rotatable bonds is 4. The van der Waals surface area contributed by atoms with E-state index in [4.69, 9.17) is 27.6 Å². The smallest absolute Gasteiger partial charge is 0.347 e. The van der Waals surface area contributed by atoms with Crippen molar-refractivity contribution in [3.63, 3.8) is 0 Å². The van der Waals surface area contributed by atoms with E-state index < -0.39 is 15.6 Å². The lowest BCUT2D eigenvalue weighted by Gasteiger charge is -2.13. The van der Waals surface area contributed by atoms with Crippen molar-refractivity contribution in [2.75, 3.05) is 4.72 Å². The summed E-state index contributed by atoms with van der Waals surface area (Å²) in [7, 11) is -3.91. The summed E-state index contributed by atoms with van der Waals surface area (Å²) in [5, 5.41) is 0.966. The first-order valence-corrected chi connectivity index (χ1v) is 11.0. The van der Waals surface area contributed by atoms with Gasteiger partial charge in [0.25, 0.3) is 10.0 Å². The number of fused-ring (bicyclic) bond motifs is 1. The number of hydrogen-bond acceptors (Lipinski definition) is 5. The fourth-order valence-electron chi connectivity index (χ4n) is 2.87. The van der Waals surface area contributed by atoms with E-state index in [0.29, 0.717) is 15.6 Å². The Kier molecular flexibility index (Phi) is 5.27. The predicted molar refractivity (Wildman–Crippen MR) is 118 cm³/mol. The minimum absolute atomic E-state index is 0.0620. The van der Waals surface area contributed by atoms with E-state index in [9.17, 15) is 13.2 Å². The third kappa shape index (κ3) is 4.05. The number of nitrogens with one attached hydrogen (secondary N) is 1. The highest BCUT2D eigenvalue weighted by atomic mass is 35.5. The molecule has 0 atom stereocenters. The van der Waals surface area contributed by atoms with Crippen LogP contribution in [0.5, 0.6) is 0 Å². The molecule has 9 heteroatoms. The van der Waals surface area contributed by atoms with Crippen molar-refractivity contribution < 1.29 is 12.8 Å². The monoisotopic (exact) mass is 460 g/mol. The molecule has 4 aromatic rings. The lowest BCUT2D eigenvalue weighted by molar-refractivity contribution is 0.518. The molecule has 152 valence electrons. The second-order valence-electron chi connectivity index (χ2n) is 6.58. The Morgan fingerprint density at radius 2 is 1.60 bits per heavy atom. The van der Waals surface area contributed by atoms with Crippen molar-refractivity contribution in [3.8, 4) is 11.5 Å². The first-order valence-electron chi connectivity index (χ1n) is 8.73. The molecular formula is C21H14Cl2N2O4S. The molecule has 0 aliphatic rings. The van der Waals surface area contributed by atoms with Gasteiger partial charge in [-0.3, -0.25) is 4.72 Å². The van der Waals surface area contributed by atoms with Gasteiger partial charge in [-0.1, -0.05) is 40.9 Å². The molecule has 0 amide bonds. The Morgan fingerprint density at radius 1 is 0.933 bits per heavy atom. The van der Waals surface area contributed by atoms with E-state index >= 15 is 0 Å². The molecule has 0 fully saturated rings. The maximum atomic E-state index is 12.8. The van der Waals surface area contributed by atoms with Crippen molar-refractivity contribution in [1.29, 1.82) is 0 Å². The van der Waals surface area contributed by atoms with Crippen molar-refractivity contribution in [2.45, 2.75) is 11.8 Å². The van der Waals surface area contributed by atoms with Crippen LogP contribution in [0.1, 0.15) is 5.56 Å². The largest absolute Gasteiger partial charge is 0.403 e. The molecule has 1 aromatic heterocycles. The molecule has 0 aliphatic carbocycles. The van der Waals surface area contributed by atoms with E-state index in [1.807, 2.05) is 6.92 Å². The minimum Gasteiger partial charge on any atom is -0.403 e. The van der Waals surface area contributed by atoms with Gasteiger partial charge in [-0.05, 0) is 55.5 Å². The van der Waals surface area contributed by atoms with Gasteiger partial charge < -0.3 is 4.42 Å². The van der Waals surface area contributed by atoms with Gasteiger partial charge in [0, 0.05) is 10.0 Å².